The van der Waals surface area contributed by atoms with Crippen LogP contribution in [-0.2, 0) is 24.9 Å². The van der Waals surface area contributed by atoms with Crippen molar-refractivity contribution in [2.75, 3.05) is 45.2 Å². The van der Waals surface area contributed by atoms with Gasteiger partial charge in [0.05, 0.1) is 29.0 Å². The molecule has 2 amide bonds. The Morgan fingerprint density at radius 1 is 1.28 bits per heavy atom. The highest BCUT2D eigenvalue weighted by molar-refractivity contribution is 6.35. The molecular weight excluding hydrogens is 577 g/mol. The van der Waals surface area contributed by atoms with E-state index in [-0.39, 0.29) is 76.7 Å². The number of phenols is 1. The van der Waals surface area contributed by atoms with E-state index in [1.807, 2.05) is 37.6 Å². The zero-order valence-electron chi connectivity index (χ0n) is 24.5. The lowest BCUT2D eigenvalue weighted by Crippen LogP contribution is -2.57. The number of halogens is 2. The predicted molar refractivity (Wildman–Crippen MR) is 159 cm³/mol. The number of aromatic nitrogens is 3. The molecule has 226 valence electrons. The number of anilines is 1. The van der Waals surface area contributed by atoms with E-state index in [0.29, 0.717) is 19.6 Å². The lowest BCUT2D eigenvalue weighted by atomic mass is 10.0. The van der Waals surface area contributed by atoms with Gasteiger partial charge in [-0.25, -0.2) is 9.37 Å². The van der Waals surface area contributed by atoms with Crippen LogP contribution < -0.4 is 9.64 Å². The molecule has 0 radical (unpaired) electrons. The van der Waals surface area contributed by atoms with Crippen molar-refractivity contribution in [1.29, 1.82) is 0 Å². The Kier molecular flexibility index (Phi) is 7.29. The Balaban J connectivity index is 1.51. The van der Waals surface area contributed by atoms with E-state index in [1.165, 1.54) is 24.3 Å². The fraction of sp³-hybridized carbons (Fsp3) is 0.400. The van der Waals surface area contributed by atoms with E-state index in [2.05, 4.69) is 11.5 Å². The van der Waals surface area contributed by atoms with E-state index in [0.717, 1.165) is 17.0 Å². The topological polar surface area (TPSA) is 107 Å². The number of rotatable bonds is 5. The first kappa shape index (κ1) is 28.9. The van der Waals surface area contributed by atoms with Crippen molar-refractivity contribution < 1.29 is 23.8 Å². The van der Waals surface area contributed by atoms with E-state index < -0.39 is 11.9 Å². The molecule has 13 heteroatoms. The summed E-state index contributed by atoms with van der Waals surface area (Å²) in [6.07, 6.45) is 1.25. The quantitative estimate of drug-likeness (QED) is 0.439. The zero-order chi connectivity index (χ0) is 30.7. The maximum atomic E-state index is 15.2. The lowest BCUT2D eigenvalue weighted by molar-refractivity contribution is -0.128. The first-order valence-electron chi connectivity index (χ1n) is 14.0. The number of carbonyl (C=O) groups is 2. The largest absolute Gasteiger partial charge is 0.507 e. The molecule has 0 spiro atoms. The number of benzene rings is 1. The smallest absolute Gasteiger partial charge is 0.261 e. The predicted octanol–water partition coefficient (Wildman–Crippen LogP) is 3.35. The molecule has 5 heterocycles. The molecule has 3 aliphatic rings. The van der Waals surface area contributed by atoms with Crippen LogP contribution in [-0.4, -0.2) is 92.8 Å². The number of hydrogen-bond acceptors (Lipinski definition) is 8. The molecule has 1 aromatic carbocycles. The summed E-state index contributed by atoms with van der Waals surface area (Å²) in [5, 5.41) is 15.4. The summed E-state index contributed by atoms with van der Waals surface area (Å²) in [6, 6.07) is 3.21. The molecule has 0 saturated carbocycles. The summed E-state index contributed by atoms with van der Waals surface area (Å²) in [5.74, 6) is -1.30. The van der Waals surface area contributed by atoms with Gasteiger partial charge in [0.25, 0.3) is 5.91 Å². The summed E-state index contributed by atoms with van der Waals surface area (Å²) < 4.78 is 23.3. The molecule has 0 bridgehead atoms. The summed E-state index contributed by atoms with van der Waals surface area (Å²) in [7, 11) is 5.88. The molecule has 11 nitrogen and oxygen atoms in total. The molecule has 3 aromatic rings. The molecule has 43 heavy (non-hydrogen) atoms. The first-order chi connectivity index (χ1) is 20.5. The summed E-state index contributed by atoms with van der Waals surface area (Å²) >= 11 is 6.87. The minimum absolute atomic E-state index is 0.0343. The van der Waals surface area contributed by atoms with Gasteiger partial charge in [0, 0.05) is 45.3 Å². The minimum atomic E-state index is -0.718. The van der Waals surface area contributed by atoms with Gasteiger partial charge in [-0.2, -0.15) is 5.10 Å². The number of fused-ring (bicyclic) bond motifs is 3. The number of hydrogen-bond donors (Lipinski definition) is 1. The Morgan fingerprint density at radius 2 is 2.05 bits per heavy atom. The highest BCUT2D eigenvalue weighted by Crippen LogP contribution is 2.48. The molecule has 2 aromatic heterocycles. The average molecular weight is 610 g/mol. The summed E-state index contributed by atoms with van der Waals surface area (Å²) in [4.78, 5) is 38.9. The normalized spacial score (nSPS) is 19.6. The highest BCUT2D eigenvalue weighted by atomic mass is 35.5. The molecule has 6 rings (SSSR count). The summed E-state index contributed by atoms with van der Waals surface area (Å²) in [5.41, 5.74) is 2.86. The van der Waals surface area contributed by atoms with Crippen molar-refractivity contribution in [3.05, 3.63) is 64.2 Å². The van der Waals surface area contributed by atoms with E-state index in [4.69, 9.17) is 26.4 Å². The van der Waals surface area contributed by atoms with Crippen LogP contribution in [0, 0.1) is 5.82 Å². The van der Waals surface area contributed by atoms with Crippen molar-refractivity contribution in [1.82, 2.24) is 29.5 Å². The Bertz CT molecular complexity index is 1640. The fourth-order valence-corrected chi connectivity index (χ4v) is 6.53. The molecule has 0 aliphatic carbocycles. The van der Waals surface area contributed by atoms with Crippen LogP contribution in [0.25, 0.3) is 11.3 Å². The van der Waals surface area contributed by atoms with Crippen LogP contribution in [0.3, 0.4) is 0 Å². The Hall–Kier alpha value is -4.16. The van der Waals surface area contributed by atoms with Crippen molar-refractivity contribution in [3.63, 3.8) is 0 Å². The van der Waals surface area contributed by atoms with Crippen LogP contribution in [0.1, 0.15) is 40.3 Å². The SMILES string of the molecule is C=CC(=O)N1CCN2C(=O)c3c(N4Cc5c(nn(C)c5CN(C)C)[C@@H]4C)nc(-c4c(O)cccc4F)c(Cl)c3OC[C@H]2C1. The molecule has 1 fully saturated rings. The van der Waals surface area contributed by atoms with Gasteiger partial charge >= 0.3 is 0 Å². The van der Waals surface area contributed by atoms with E-state index >= 15 is 4.39 Å². The minimum Gasteiger partial charge on any atom is -0.507 e. The summed E-state index contributed by atoms with van der Waals surface area (Å²) in [6.45, 7) is 7.55. The second-order valence-corrected chi connectivity index (χ2v) is 11.7. The number of piperazine rings is 1. The van der Waals surface area contributed by atoms with Gasteiger partial charge in [-0.1, -0.05) is 24.2 Å². The van der Waals surface area contributed by atoms with Gasteiger partial charge in [0.15, 0.2) is 5.75 Å². The van der Waals surface area contributed by atoms with Crippen LogP contribution in [0.15, 0.2) is 30.9 Å². The van der Waals surface area contributed by atoms with Gasteiger partial charge in [-0.05, 0) is 39.2 Å². The van der Waals surface area contributed by atoms with Crippen LogP contribution in [0.2, 0.25) is 5.02 Å². The lowest BCUT2D eigenvalue weighted by Gasteiger charge is -2.39. The monoisotopic (exact) mass is 609 g/mol. The van der Waals surface area contributed by atoms with Gasteiger partial charge in [0.2, 0.25) is 5.91 Å². The van der Waals surface area contributed by atoms with Gasteiger partial charge < -0.3 is 29.4 Å². The van der Waals surface area contributed by atoms with E-state index in [9.17, 15) is 14.7 Å². The first-order valence-corrected chi connectivity index (χ1v) is 14.4. The standard InChI is InChI=1S/C30H33ClFN7O4/c1-6-22(41)37-10-11-38-17(12-37)15-43-28-24(30(38)42)29(33-27(25(28)31)23-19(32)8-7-9-21(23)40)39-13-18-20(14-35(3)4)36(5)34-26(18)16(39)2/h6-9,16-17,40H,1,10-15H2,2-5H3/t16-,17+/m0/s1. The van der Waals surface area contributed by atoms with Gasteiger partial charge in [-0.3, -0.25) is 14.3 Å². The van der Waals surface area contributed by atoms with Crippen molar-refractivity contribution in [2.24, 2.45) is 7.05 Å². The average Bonchev–Trinajstić information content (AvgIpc) is 3.39. The number of ether oxygens (including phenoxy) is 1. The number of nitrogens with zero attached hydrogens (tertiary/aromatic N) is 7. The Labute approximate surface area is 253 Å². The van der Waals surface area contributed by atoms with Crippen LogP contribution >= 0.6 is 11.6 Å². The molecule has 2 atom stereocenters. The number of carbonyl (C=O) groups excluding carboxylic acids is 2. The molecule has 0 unspecified atom stereocenters. The van der Waals surface area contributed by atoms with Crippen molar-refractivity contribution in [3.8, 4) is 22.8 Å². The van der Waals surface area contributed by atoms with Crippen molar-refractivity contribution >= 4 is 29.2 Å². The highest BCUT2D eigenvalue weighted by Gasteiger charge is 2.43. The number of aromatic hydroxyl groups is 1. The van der Waals surface area contributed by atoms with Gasteiger partial charge in [0.1, 0.15) is 40.3 Å². The third-order valence-electron chi connectivity index (χ3n) is 8.40. The number of amides is 2. The maximum absolute atomic E-state index is 15.2. The number of phenolic OH excluding ortho intramolecular Hbond substituents is 1. The number of pyridine rings is 1. The molecule has 1 saturated heterocycles. The van der Waals surface area contributed by atoms with E-state index in [1.54, 1.807) is 9.80 Å². The fourth-order valence-electron chi connectivity index (χ4n) is 6.24. The second kappa shape index (κ2) is 10.8. The van der Waals surface area contributed by atoms with Crippen molar-refractivity contribution in [2.45, 2.75) is 32.1 Å². The maximum Gasteiger partial charge on any atom is 0.261 e. The molecule has 1 N–H and O–H groups in total. The Morgan fingerprint density at radius 3 is 2.74 bits per heavy atom. The second-order valence-electron chi connectivity index (χ2n) is 11.4. The van der Waals surface area contributed by atoms with Gasteiger partial charge in [-0.15, -0.1) is 0 Å². The molecular formula is C30H33ClFN7O4. The third-order valence-corrected chi connectivity index (χ3v) is 8.75. The number of aryl methyl sites for hydroxylation is 1. The van der Waals surface area contributed by atoms with Crippen LogP contribution in [0.5, 0.6) is 11.5 Å². The van der Waals surface area contributed by atoms with Crippen LogP contribution in [0.4, 0.5) is 10.2 Å². The zero-order valence-corrected chi connectivity index (χ0v) is 25.2. The molecule has 3 aliphatic heterocycles. The third kappa shape index (κ3) is 4.69.